The Bertz CT molecular complexity index is 1570. The molecule has 1 aromatic carbocycles. The molecule has 3 N–H and O–H groups in total. The zero-order valence-electron chi connectivity index (χ0n) is 21.1. The van der Waals surface area contributed by atoms with E-state index >= 15 is 0 Å². The van der Waals surface area contributed by atoms with Gasteiger partial charge >= 0.3 is 6.18 Å². The molecule has 4 heterocycles. The second-order valence-electron chi connectivity index (χ2n) is 10.2. The minimum absolute atomic E-state index is 0.148. The summed E-state index contributed by atoms with van der Waals surface area (Å²) in [4.78, 5) is 8.51. The maximum Gasteiger partial charge on any atom is 0.429 e. The fourth-order valence-corrected chi connectivity index (χ4v) is 6.62. The summed E-state index contributed by atoms with van der Waals surface area (Å²) >= 11 is 7.42. The van der Waals surface area contributed by atoms with E-state index in [2.05, 4.69) is 26.5 Å². The Labute approximate surface area is 231 Å². The first-order valence-electron chi connectivity index (χ1n) is 12.6. The van der Waals surface area contributed by atoms with Crippen LogP contribution in [0.5, 0.6) is 5.88 Å². The van der Waals surface area contributed by atoms with Crippen LogP contribution in [0.2, 0.25) is 5.02 Å². The van der Waals surface area contributed by atoms with Gasteiger partial charge in [-0.1, -0.05) is 23.7 Å². The number of nitrogen functional groups attached to an aromatic ring is 1. The van der Waals surface area contributed by atoms with E-state index in [1.807, 2.05) is 5.38 Å². The molecule has 7 nitrogen and oxygen atoms in total. The lowest BCUT2D eigenvalue weighted by Crippen LogP contribution is -2.28. The van der Waals surface area contributed by atoms with Crippen LogP contribution in [0, 0.1) is 12.3 Å². The number of fused-ring (bicyclic) bond motifs is 1. The van der Waals surface area contributed by atoms with E-state index in [0.29, 0.717) is 21.3 Å². The van der Waals surface area contributed by atoms with Crippen LogP contribution in [0.3, 0.4) is 0 Å². The number of allylic oxidation sites excluding steroid dienone is 2. The van der Waals surface area contributed by atoms with Crippen molar-refractivity contribution >= 4 is 44.7 Å². The Hall–Kier alpha value is -3.15. The molecule has 3 aromatic heterocycles. The average Bonchev–Trinajstić information content (AvgIpc) is 3.63. The van der Waals surface area contributed by atoms with Gasteiger partial charge in [-0.3, -0.25) is 0 Å². The molecular formula is C27H26ClF3N6OS. The fraction of sp³-hybridized carbons (Fsp3) is 0.370. The van der Waals surface area contributed by atoms with Crippen LogP contribution in [-0.4, -0.2) is 39.0 Å². The third kappa shape index (κ3) is 4.99. The van der Waals surface area contributed by atoms with Crippen molar-refractivity contribution in [1.29, 1.82) is 0 Å². The molecule has 0 amide bonds. The number of ether oxygens (including phenoxy) is 1. The number of alkyl halides is 3. The summed E-state index contributed by atoms with van der Waals surface area (Å²) in [6.07, 6.45) is 0.727. The van der Waals surface area contributed by atoms with Gasteiger partial charge in [-0.25, -0.2) is 9.67 Å². The Balaban J connectivity index is 1.40. The number of hydrogen-bond donors (Lipinski definition) is 2. The van der Waals surface area contributed by atoms with Gasteiger partial charge in [0.1, 0.15) is 4.70 Å². The van der Waals surface area contributed by atoms with E-state index in [9.17, 15) is 13.2 Å². The molecular weight excluding hydrogens is 549 g/mol. The fourth-order valence-electron chi connectivity index (χ4n) is 5.49. The van der Waals surface area contributed by atoms with Crippen molar-refractivity contribution in [3.8, 4) is 11.6 Å². The number of nitrogens with one attached hydrogen (secondary N) is 1. The van der Waals surface area contributed by atoms with Crippen molar-refractivity contribution in [1.82, 2.24) is 25.1 Å². The van der Waals surface area contributed by atoms with Crippen molar-refractivity contribution in [3.63, 3.8) is 0 Å². The molecule has 12 heteroatoms. The quantitative estimate of drug-likeness (QED) is 0.277. The van der Waals surface area contributed by atoms with Gasteiger partial charge in [0.2, 0.25) is 17.9 Å². The molecule has 1 aliphatic heterocycles. The van der Waals surface area contributed by atoms with Crippen LogP contribution >= 0.6 is 22.9 Å². The number of nitrogens with zero attached hydrogens (tertiary/aromatic N) is 4. The lowest BCUT2D eigenvalue weighted by molar-refractivity contribution is -0.198. The first-order valence-corrected chi connectivity index (χ1v) is 13.9. The van der Waals surface area contributed by atoms with Gasteiger partial charge in [-0.05, 0) is 68.3 Å². The summed E-state index contributed by atoms with van der Waals surface area (Å²) in [7, 11) is 0. The van der Waals surface area contributed by atoms with Crippen molar-refractivity contribution in [2.45, 2.75) is 44.9 Å². The van der Waals surface area contributed by atoms with Gasteiger partial charge in [0.05, 0.1) is 16.9 Å². The molecule has 0 bridgehead atoms. The van der Waals surface area contributed by atoms with Gasteiger partial charge in [-0.15, -0.1) is 11.3 Å². The lowest BCUT2D eigenvalue weighted by Gasteiger charge is -2.31. The number of halogens is 4. The van der Waals surface area contributed by atoms with E-state index in [1.54, 1.807) is 19.2 Å². The third-order valence-electron chi connectivity index (χ3n) is 7.56. The number of benzene rings is 1. The van der Waals surface area contributed by atoms with Gasteiger partial charge < -0.3 is 15.8 Å². The molecule has 6 rings (SSSR count). The zero-order valence-corrected chi connectivity index (χ0v) is 22.6. The van der Waals surface area contributed by atoms with Crippen molar-refractivity contribution < 1.29 is 17.9 Å². The van der Waals surface area contributed by atoms with Crippen LogP contribution in [-0.2, 0) is 0 Å². The van der Waals surface area contributed by atoms with E-state index in [4.69, 9.17) is 22.1 Å². The second kappa shape index (κ2) is 9.79. The molecule has 1 unspecified atom stereocenters. The molecule has 204 valence electrons. The third-order valence-corrected chi connectivity index (χ3v) is 8.75. The summed E-state index contributed by atoms with van der Waals surface area (Å²) in [6, 6.07) is 5.82. The van der Waals surface area contributed by atoms with Crippen LogP contribution in [0.4, 0.5) is 19.1 Å². The summed E-state index contributed by atoms with van der Waals surface area (Å²) in [5.74, 6) is -0.355. The van der Waals surface area contributed by atoms with Gasteiger partial charge in [0.15, 0.2) is 0 Å². The van der Waals surface area contributed by atoms with Crippen molar-refractivity contribution in [2.75, 3.05) is 18.8 Å². The predicted molar refractivity (Wildman–Crippen MR) is 146 cm³/mol. The summed E-state index contributed by atoms with van der Waals surface area (Å²) < 4.78 is 51.1. The normalized spacial score (nSPS) is 20.5. The summed E-state index contributed by atoms with van der Waals surface area (Å²) in [6.45, 7) is 3.79. The number of hydrogen-bond acceptors (Lipinski definition) is 7. The SMILES string of the molecule is Cc1ccn(-c2cc(Cl)ccc2[C@@H](Oc2nc(N)nc3c(C4=CCC5(CCNC5)CC4)csc23)C(F)(F)F)n1. The highest BCUT2D eigenvalue weighted by atomic mass is 35.5. The van der Waals surface area contributed by atoms with E-state index in [0.717, 1.165) is 49.9 Å². The Morgan fingerprint density at radius 1 is 1.23 bits per heavy atom. The Kier molecular flexibility index (Phi) is 6.55. The number of rotatable bonds is 5. The molecule has 0 saturated carbocycles. The van der Waals surface area contributed by atoms with Crippen LogP contribution in [0.15, 0.2) is 41.9 Å². The first kappa shape index (κ1) is 26.1. The average molecular weight is 575 g/mol. The van der Waals surface area contributed by atoms with Crippen LogP contribution < -0.4 is 15.8 Å². The van der Waals surface area contributed by atoms with Gasteiger partial charge in [0.25, 0.3) is 0 Å². The van der Waals surface area contributed by atoms with Gasteiger partial charge in [0, 0.05) is 34.3 Å². The minimum atomic E-state index is -4.77. The standard InChI is InChI=1S/C27H26ClF3N6OS/c1-15-6-11-37(36-15)20-12-17(28)2-3-18(20)23(27(29,30)31)38-24-22-21(34-25(32)35-24)19(13-39-22)16-4-7-26(8-5-16)9-10-33-14-26/h2-4,6,11-13,23,33H,5,7-10,14H2,1H3,(H2,32,34,35)/t23-,26?/m1/s1. The number of nitrogens with two attached hydrogens (primary N) is 1. The highest BCUT2D eigenvalue weighted by Gasteiger charge is 2.45. The highest BCUT2D eigenvalue weighted by Crippen LogP contribution is 2.47. The molecule has 1 fully saturated rings. The second-order valence-corrected chi connectivity index (χ2v) is 11.5. The molecule has 2 atom stereocenters. The van der Waals surface area contributed by atoms with E-state index < -0.39 is 12.3 Å². The largest absolute Gasteiger partial charge is 0.458 e. The lowest BCUT2D eigenvalue weighted by atomic mass is 9.73. The molecule has 2 aliphatic rings. The maximum absolute atomic E-state index is 14.6. The zero-order chi connectivity index (χ0) is 27.4. The van der Waals surface area contributed by atoms with Crippen molar-refractivity contribution in [2.24, 2.45) is 5.41 Å². The van der Waals surface area contributed by atoms with E-state index in [-0.39, 0.29) is 28.1 Å². The monoisotopic (exact) mass is 574 g/mol. The molecule has 1 saturated heterocycles. The molecule has 39 heavy (non-hydrogen) atoms. The maximum atomic E-state index is 14.6. The Morgan fingerprint density at radius 3 is 2.74 bits per heavy atom. The number of aromatic nitrogens is 4. The molecule has 4 aromatic rings. The smallest absolute Gasteiger partial charge is 0.429 e. The van der Waals surface area contributed by atoms with Crippen molar-refractivity contribution in [3.05, 3.63) is 63.8 Å². The topological polar surface area (TPSA) is 90.9 Å². The van der Waals surface area contributed by atoms with Gasteiger partial charge in [-0.2, -0.15) is 23.3 Å². The number of thiophene rings is 1. The molecule has 1 aliphatic carbocycles. The highest BCUT2D eigenvalue weighted by molar-refractivity contribution is 7.17. The summed E-state index contributed by atoms with van der Waals surface area (Å²) in [5, 5.41) is 9.92. The first-order chi connectivity index (χ1) is 18.6. The Morgan fingerprint density at radius 2 is 2.08 bits per heavy atom. The molecule has 0 radical (unpaired) electrons. The van der Waals surface area contributed by atoms with E-state index in [1.165, 1.54) is 34.2 Å². The summed E-state index contributed by atoms with van der Waals surface area (Å²) in [5.41, 5.74) is 9.46. The van der Waals surface area contributed by atoms with Crippen LogP contribution in [0.1, 0.15) is 48.6 Å². The van der Waals surface area contributed by atoms with Crippen LogP contribution in [0.25, 0.3) is 21.5 Å². The molecule has 1 spiro atoms. The minimum Gasteiger partial charge on any atom is -0.458 e. The number of aryl methyl sites for hydroxylation is 1. The number of anilines is 1. The predicted octanol–water partition coefficient (Wildman–Crippen LogP) is 6.65.